The molecule has 3 aromatic carbocycles. The van der Waals surface area contributed by atoms with Crippen molar-refractivity contribution in [2.45, 2.75) is 6.92 Å². The van der Waals surface area contributed by atoms with Crippen LogP contribution >= 0.6 is 0 Å². The lowest BCUT2D eigenvalue weighted by molar-refractivity contribution is -0.384. The first-order valence-corrected chi connectivity index (χ1v) is 10.5. The lowest BCUT2D eigenvalue weighted by Crippen LogP contribution is -2.17. The summed E-state index contributed by atoms with van der Waals surface area (Å²) >= 11 is 0. The van der Waals surface area contributed by atoms with E-state index >= 15 is 0 Å². The molecule has 0 aliphatic heterocycles. The topological polar surface area (TPSA) is 169 Å². The number of carbonyl (C=O) groups is 3. The summed E-state index contributed by atoms with van der Waals surface area (Å²) in [6.07, 6.45) is 0. The number of hydrogen-bond donors (Lipinski definition) is 3. The number of nitrogens with one attached hydrogen (secondary N) is 3. The largest absolute Gasteiger partial charge is 0.403 e. The van der Waals surface area contributed by atoms with Gasteiger partial charge in [0.05, 0.1) is 16.2 Å². The Kier molecular flexibility index (Phi) is 6.77. The molecule has 3 N–H and O–H groups in total. The van der Waals surface area contributed by atoms with E-state index in [-0.39, 0.29) is 34.6 Å². The van der Waals surface area contributed by atoms with Crippen LogP contribution in [0, 0.1) is 10.1 Å². The van der Waals surface area contributed by atoms with Gasteiger partial charge in [-0.05, 0) is 48.5 Å². The van der Waals surface area contributed by atoms with Crippen LogP contribution in [0.5, 0.6) is 0 Å². The van der Waals surface area contributed by atoms with Crippen molar-refractivity contribution in [3.05, 3.63) is 94.0 Å². The highest BCUT2D eigenvalue weighted by atomic mass is 16.6. The minimum atomic E-state index is -0.525. The molecule has 36 heavy (non-hydrogen) atoms. The molecule has 0 saturated carbocycles. The van der Waals surface area contributed by atoms with Crippen molar-refractivity contribution in [2.75, 3.05) is 16.0 Å². The molecule has 0 aliphatic rings. The SMILES string of the molecule is CC(=O)Nc1ccccc1C(=O)Nc1ccc(C(=O)Nc2nnc(-c3ccc([N+](=O)[O-])cc3)o2)cc1. The van der Waals surface area contributed by atoms with Gasteiger partial charge in [-0.3, -0.25) is 29.8 Å². The van der Waals surface area contributed by atoms with Gasteiger partial charge in [0, 0.05) is 35.9 Å². The Bertz CT molecular complexity index is 1450. The van der Waals surface area contributed by atoms with Crippen LogP contribution < -0.4 is 16.0 Å². The maximum Gasteiger partial charge on any atom is 0.322 e. The van der Waals surface area contributed by atoms with Crippen molar-refractivity contribution in [1.82, 2.24) is 10.2 Å². The monoisotopic (exact) mass is 486 g/mol. The Morgan fingerprint density at radius 1 is 0.833 bits per heavy atom. The molecule has 0 spiro atoms. The molecule has 0 aliphatic carbocycles. The summed E-state index contributed by atoms with van der Waals surface area (Å²) in [5, 5.41) is 26.2. The number of benzene rings is 3. The molecule has 0 fully saturated rings. The second-order valence-electron chi connectivity index (χ2n) is 7.43. The normalized spacial score (nSPS) is 10.4. The number of rotatable bonds is 7. The lowest BCUT2D eigenvalue weighted by atomic mass is 10.1. The Morgan fingerprint density at radius 3 is 2.19 bits per heavy atom. The number of nitro groups is 1. The number of para-hydroxylation sites is 1. The van der Waals surface area contributed by atoms with Crippen LogP contribution in [0.1, 0.15) is 27.6 Å². The van der Waals surface area contributed by atoms with Gasteiger partial charge < -0.3 is 15.1 Å². The fourth-order valence-electron chi connectivity index (χ4n) is 3.17. The number of non-ortho nitro benzene ring substituents is 1. The zero-order chi connectivity index (χ0) is 25.7. The van der Waals surface area contributed by atoms with E-state index in [0.717, 1.165) is 0 Å². The number of amides is 3. The van der Waals surface area contributed by atoms with Crippen LogP contribution in [0.2, 0.25) is 0 Å². The van der Waals surface area contributed by atoms with Crippen LogP contribution in [0.3, 0.4) is 0 Å². The average molecular weight is 486 g/mol. The molecule has 12 nitrogen and oxygen atoms in total. The highest BCUT2D eigenvalue weighted by Crippen LogP contribution is 2.23. The minimum Gasteiger partial charge on any atom is -0.403 e. The number of nitro benzene ring substituents is 1. The minimum absolute atomic E-state index is 0.0802. The predicted octanol–water partition coefficient (Wildman–Crippen LogP) is 4.11. The fourth-order valence-corrected chi connectivity index (χ4v) is 3.17. The van der Waals surface area contributed by atoms with Crippen molar-refractivity contribution < 1.29 is 23.7 Å². The maximum atomic E-state index is 12.6. The molecular formula is C24H18N6O6. The second-order valence-corrected chi connectivity index (χ2v) is 7.43. The molecule has 12 heteroatoms. The molecule has 180 valence electrons. The summed E-state index contributed by atoms with van der Waals surface area (Å²) in [5.74, 6) is -1.17. The third kappa shape index (κ3) is 5.56. The molecule has 0 bridgehead atoms. The summed E-state index contributed by atoms with van der Waals surface area (Å²) in [6.45, 7) is 1.35. The van der Waals surface area contributed by atoms with Crippen LogP contribution in [-0.2, 0) is 4.79 Å². The van der Waals surface area contributed by atoms with Crippen molar-refractivity contribution in [2.24, 2.45) is 0 Å². The molecule has 4 rings (SSSR count). The molecule has 0 saturated heterocycles. The Morgan fingerprint density at radius 2 is 1.53 bits per heavy atom. The lowest BCUT2D eigenvalue weighted by Gasteiger charge is -2.10. The number of nitrogens with zero attached hydrogens (tertiary/aromatic N) is 3. The first-order chi connectivity index (χ1) is 17.3. The zero-order valence-electron chi connectivity index (χ0n) is 18.7. The third-order valence-corrected chi connectivity index (χ3v) is 4.86. The number of anilines is 3. The third-order valence-electron chi connectivity index (χ3n) is 4.86. The van der Waals surface area contributed by atoms with Gasteiger partial charge in [0.2, 0.25) is 11.8 Å². The Hall–Kier alpha value is -5.39. The van der Waals surface area contributed by atoms with Crippen LogP contribution in [0.4, 0.5) is 23.1 Å². The molecule has 1 aromatic heterocycles. The van der Waals surface area contributed by atoms with E-state index in [9.17, 15) is 24.5 Å². The molecule has 3 amide bonds. The van der Waals surface area contributed by atoms with Gasteiger partial charge >= 0.3 is 6.01 Å². The standard InChI is InChI=1S/C24H18N6O6/c1-14(31)25-20-5-3-2-4-19(20)22(33)26-17-10-6-15(7-11-17)21(32)27-24-29-28-23(36-24)16-8-12-18(13-9-16)30(34)35/h2-13H,1H3,(H,25,31)(H,26,33)(H,27,29,32). The predicted molar refractivity (Wildman–Crippen MR) is 129 cm³/mol. The Labute approximate surface area is 203 Å². The number of aromatic nitrogens is 2. The van der Waals surface area contributed by atoms with E-state index < -0.39 is 16.7 Å². The summed E-state index contributed by atoms with van der Waals surface area (Å²) < 4.78 is 5.42. The summed E-state index contributed by atoms with van der Waals surface area (Å²) in [7, 11) is 0. The van der Waals surface area contributed by atoms with Gasteiger partial charge in [-0.15, -0.1) is 5.10 Å². The molecule has 1 heterocycles. The van der Waals surface area contributed by atoms with Gasteiger partial charge in [-0.1, -0.05) is 17.2 Å². The first-order valence-electron chi connectivity index (χ1n) is 10.5. The van der Waals surface area contributed by atoms with Gasteiger partial charge in [-0.25, -0.2) is 0 Å². The van der Waals surface area contributed by atoms with E-state index in [4.69, 9.17) is 4.42 Å². The quantitative estimate of drug-likeness (QED) is 0.259. The van der Waals surface area contributed by atoms with Gasteiger partial charge in [0.1, 0.15) is 0 Å². The van der Waals surface area contributed by atoms with Crippen molar-refractivity contribution in [3.8, 4) is 11.5 Å². The number of hydrogen-bond acceptors (Lipinski definition) is 8. The smallest absolute Gasteiger partial charge is 0.322 e. The molecule has 0 radical (unpaired) electrons. The second kappa shape index (κ2) is 10.3. The van der Waals surface area contributed by atoms with Crippen molar-refractivity contribution in [1.29, 1.82) is 0 Å². The van der Waals surface area contributed by atoms with Crippen LogP contribution in [-0.4, -0.2) is 32.8 Å². The summed E-state index contributed by atoms with van der Waals surface area (Å²) in [6, 6.07) is 18.0. The van der Waals surface area contributed by atoms with E-state index in [1.54, 1.807) is 36.4 Å². The molecule has 0 unspecified atom stereocenters. The zero-order valence-corrected chi connectivity index (χ0v) is 18.7. The Balaban J connectivity index is 1.39. The maximum absolute atomic E-state index is 12.6. The molecular weight excluding hydrogens is 468 g/mol. The van der Waals surface area contributed by atoms with Gasteiger partial charge in [0.15, 0.2) is 0 Å². The van der Waals surface area contributed by atoms with Gasteiger partial charge in [0.25, 0.3) is 17.5 Å². The summed E-state index contributed by atoms with van der Waals surface area (Å²) in [4.78, 5) is 46.8. The van der Waals surface area contributed by atoms with Crippen molar-refractivity contribution in [3.63, 3.8) is 0 Å². The average Bonchev–Trinajstić information content (AvgIpc) is 3.33. The summed E-state index contributed by atoms with van der Waals surface area (Å²) in [5.41, 5.74) is 1.74. The highest BCUT2D eigenvalue weighted by molar-refractivity contribution is 6.10. The van der Waals surface area contributed by atoms with Crippen LogP contribution in [0.25, 0.3) is 11.5 Å². The van der Waals surface area contributed by atoms with E-state index in [2.05, 4.69) is 26.1 Å². The fraction of sp³-hybridized carbons (Fsp3) is 0.0417. The highest BCUT2D eigenvalue weighted by Gasteiger charge is 2.15. The number of carbonyl (C=O) groups excluding carboxylic acids is 3. The van der Waals surface area contributed by atoms with E-state index in [1.807, 2.05) is 0 Å². The van der Waals surface area contributed by atoms with Crippen molar-refractivity contribution >= 4 is 40.8 Å². The first kappa shape index (κ1) is 23.8. The molecule has 0 atom stereocenters. The molecule has 4 aromatic rings. The van der Waals surface area contributed by atoms with Crippen LogP contribution in [0.15, 0.2) is 77.2 Å². The van der Waals surface area contributed by atoms with E-state index in [0.29, 0.717) is 16.9 Å². The van der Waals surface area contributed by atoms with E-state index in [1.165, 1.54) is 43.3 Å². The van der Waals surface area contributed by atoms with Gasteiger partial charge in [-0.2, -0.15) is 0 Å².